The molecule has 0 bridgehead atoms. The summed E-state index contributed by atoms with van der Waals surface area (Å²) in [6, 6.07) is 0.361. The third-order valence-electron chi connectivity index (χ3n) is 1.81. The van der Waals surface area contributed by atoms with Crippen LogP contribution in [-0.4, -0.2) is 22.2 Å². The molecule has 14 heavy (non-hydrogen) atoms. The van der Waals surface area contributed by atoms with Crippen molar-refractivity contribution in [3.63, 3.8) is 0 Å². The van der Waals surface area contributed by atoms with Gasteiger partial charge in [0.05, 0.1) is 12.7 Å². The fourth-order valence-corrected chi connectivity index (χ4v) is 1.08. The molecule has 0 fully saturated rings. The highest BCUT2D eigenvalue weighted by Gasteiger charge is 2.01. The van der Waals surface area contributed by atoms with E-state index < -0.39 is 0 Å². The van der Waals surface area contributed by atoms with Crippen molar-refractivity contribution in [2.75, 3.05) is 6.54 Å². The second kappa shape index (κ2) is 4.76. The van der Waals surface area contributed by atoms with Gasteiger partial charge in [-0.05, 0) is 13.8 Å². The Hall–Kier alpha value is -1.36. The van der Waals surface area contributed by atoms with Gasteiger partial charge in [0, 0.05) is 24.3 Å². The Morgan fingerprint density at radius 3 is 2.93 bits per heavy atom. The molecule has 78 valence electrons. The predicted molar refractivity (Wildman–Crippen MR) is 53.5 cm³/mol. The molecule has 5 nitrogen and oxygen atoms in total. The number of nitrogens with zero attached hydrogens (tertiary/aromatic N) is 2. The average Bonchev–Trinajstić information content (AvgIpc) is 2.52. The van der Waals surface area contributed by atoms with Crippen LogP contribution in [0.15, 0.2) is 12.4 Å². The first-order chi connectivity index (χ1) is 6.59. The molecule has 0 spiro atoms. The van der Waals surface area contributed by atoms with Gasteiger partial charge in [0.15, 0.2) is 0 Å². The van der Waals surface area contributed by atoms with E-state index in [1.54, 1.807) is 6.20 Å². The van der Waals surface area contributed by atoms with E-state index in [4.69, 9.17) is 5.73 Å². The number of carbonyl (C=O) groups excluding carboxylic acids is 1. The van der Waals surface area contributed by atoms with Crippen LogP contribution >= 0.6 is 0 Å². The van der Waals surface area contributed by atoms with E-state index in [2.05, 4.69) is 24.3 Å². The molecular weight excluding hydrogens is 180 g/mol. The van der Waals surface area contributed by atoms with Crippen LogP contribution in [0, 0.1) is 0 Å². The van der Waals surface area contributed by atoms with Crippen LogP contribution in [0.5, 0.6) is 0 Å². The Bertz CT molecular complexity index is 306. The van der Waals surface area contributed by atoms with E-state index in [0.717, 1.165) is 5.56 Å². The molecule has 0 aliphatic heterocycles. The normalized spacial score (nSPS) is 10.8. The maximum Gasteiger partial charge on any atom is 0.231 e. The van der Waals surface area contributed by atoms with E-state index in [0.29, 0.717) is 12.6 Å². The quantitative estimate of drug-likeness (QED) is 0.698. The first-order valence-corrected chi connectivity index (χ1v) is 4.61. The molecule has 0 atom stereocenters. The summed E-state index contributed by atoms with van der Waals surface area (Å²) in [5, 5.41) is 7.10. The third-order valence-corrected chi connectivity index (χ3v) is 1.81. The summed E-state index contributed by atoms with van der Waals surface area (Å²) in [6.07, 6.45) is 3.74. The Labute approximate surface area is 83.3 Å². The van der Waals surface area contributed by atoms with Crippen LogP contribution in [0.4, 0.5) is 0 Å². The molecule has 3 N–H and O–H groups in total. The highest BCUT2D eigenvalue weighted by Crippen LogP contribution is 2.04. The van der Waals surface area contributed by atoms with Crippen molar-refractivity contribution in [2.45, 2.75) is 26.4 Å². The smallest absolute Gasteiger partial charge is 0.231 e. The van der Waals surface area contributed by atoms with Gasteiger partial charge < -0.3 is 11.1 Å². The lowest BCUT2D eigenvalue weighted by Crippen LogP contribution is -2.27. The maximum atomic E-state index is 10.4. The van der Waals surface area contributed by atoms with Crippen molar-refractivity contribution in [2.24, 2.45) is 5.73 Å². The Morgan fingerprint density at radius 1 is 1.71 bits per heavy atom. The Balaban J connectivity index is 2.40. The Kier molecular flexibility index (Phi) is 3.64. The maximum absolute atomic E-state index is 10.4. The molecule has 0 radical (unpaired) electrons. The molecule has 5 heteroatoms. The molecule has 1 heterocycles. The molecule has 0 unspecified atom stereocenters. The highest BCUT2D eigenvalue weighted by atomic mass is 16.1. The number of nitrogens with two attached hydrogens (primary N) is 1. The average molecular weight is 196 g/mol. The van der Waals surface area contributed by atoms with Gasteiger partial charge in [-0.15, -0.1) is 0 Å². The van der Waals surface area contributed by atoms with E-state index in [1.807, 2.05) is 10.9 Å². The minimum atomic E-state index is -0.346. The summed E-state index contributed by atoms with van der Waals surface area (Å²) >= 11 is 0. The lowest BCUT2D eigenvalue weighted by Gasteiger charge is -2.03. The molecule has 1 aromatic heterocycles. The van der Waals surface area contributed by atoms with Gasteiger partial charge in [0.25, 0.3) is 0 Å². The molecule has 0 aromatic carbocycles. The predicted octanol–water partition coefficient (Wildman–Crippen LogP) is 0.0389. The topological polar surface area (TPSA) is 72.9 Å². The molecule has 0 aliphatic rings. The SMILES string of the molecule is CC(C)n1cc(CNCC(N)=O)cn1. The summed E-state index contributed by atoms with van der Waals surface area (Å²) in [6.45, 7) is 4.95. The lowest BCUT2D eigenvalue weighted by atomic mass is 10.3. The second-order valence-electron chi connectivity index (χ2n) is 3.49. The minimum absolute atomic E-state index is 0.201. The molecule has 1 amide bonds. The molecule has 0 aliphatic carbocycles. The van der Waals surface area contributed by atoms with Gasteiger partial charge in [0.2, 0.25) is 5.91 Å². The van der Waals surface area contributed by atoms with Gasteiger partial charge in [-0.25, -0.2) is 0 Å². The van der Waals surface area contributed by atoms with Crippen molar-refractivity contribution in [3.05, 3.63) is 18.0 Å². The van der Waals surface area contributed by atoms with Crippen molar-refractivity contribution in [3.8, 4) is 0 Å². The van der Waals surface area contributed by atoms with Crippen molar-refractivity contribution >= 4 is 5.91 Å². The second-order valence-corrected chi connectivity index (χ2v) is 3.49. The van der Waals surface area contributed by atoms with Crippen LogP contribution in [0.1, 0.15) is 25.5 Å². The number of carbonyl (C=O) groups is 1. The summed E-state index contributed by atoms with van der Waals surface area (Å²) < 4.78 is 1.88. The summed E-state index contributed by atoms with van der Waals surface area (Å²) in [5.41, 5.74) is 6.04. The third kappa shape index (κ3) is 3.18. The zero-order valence-corrected chi connectivity index (χ0v) is 8.53. The van der Waals surface area contributed by atoms with Crippen molar-refractivity contribution in [1.82, 2.24) is 15.1 Å². The number of hydrogen-bond acceptors (Lipinski definition) is 3. The number of amides is 1. The number of nitrogens with one attached hydrogen (secondary N) is 1. The summed E-state index contributed by atoms with van der Waals surface area (Å²) in [7, 11) is 0. The summed E-state index contributed by atoms with van der Waals surface area (Å²) in [5.74, 6) is -0.346. The first kappa shape index (κ1) is 10.7. The standard InChI is InChI=1S/C9H16N4O/c1-7(2)13-6-8(4-12-13)3-11-5-9(10)14/h4,6-7,11H,3,5H2,1-2H3,(H2,10,14). The van der Waals surface area contributed by atoms with Crippen LogP contribution < -0.4 is 11.1 Å². The largest absolute Gasteiger partial charge is 0.369 e. The number of aromatic nitrogens is 2. The van der Waals surface area contributed by atoms with E-state index in [-0.39, 0.29) is 12.5 Å². The minimum Gasteiger partial charge on any atom is -0.369 e. The fourth-order valence-electron chi connectivity index (χ4n) is 1.08. The van der Waals surface area contributed by atoms with Crippen LogP contribution in [0.2, 0.25) is 0 Å². The summed E-state index contributed by atoms with van der Waals surface area (Å²) in [4.78, 5) is 10.4. The van der Waals surface area contributed by atoms with E-state index >= 15 is 0 Å². The van der Waals surface area contributed by atoms with Crippen molar-refractivity contribution in [1.29, 1.82) is 0 Å². The van der Waals surface area contributed by atoms with Crippen molar-refractivity contribution < 1.29 is 4.79 Å². The number of primary amides is 1. The number of rotatable bonds is 5. The van der Waals surface area contributed by atoms with Gasteiger partial charge in [-0.1, -0.05) is 0 Å². The van der Waals surface area contributed by atoms with Crippen LogP contribution in [0.3, 0.4) is 0 Å². The first-order valence-electron chi connectivity index (χ1n) is 4.61. The molecule has 0 saturated carbocycles. The molecule has 1 rings (SSSR count). The molecular formula is C9H16N4O. The molecule has 1 aromatic rings. The van der Waals surface area contributed by atoms with Crippen LogP contribution in [-0.2, 0) is 11.3 Å². The molecule has 0 saturated heterocycles. The van der Waals surface area contributed by atoms with Gasteiger partial charge >= 0.3 is 0 Å². The van der Waals surface area contributed by atoms with Gasteiger partial charge in [0.1, 0.15) is 0 Å². The van der Waals surface area contributed by atoms with E-state index in [1.165, 1.54) is 0 Å². The Morgan fingerprint density at radius 2 is 2.43 bits per heavy atom. The zero-order valence-electron chi connectivity index (χ0n) is 8.53. The van der Waals surface area contributed by atoms with Crippen LogP contribution in [0.25, 0.3) is 0 Å². The lowest BCUT2D eigenvalue weighted by molar-refractivity contribution is -0.117. The monoisotopic (exact) mass is 196 g/mol. The number of hydrogen-bond donors (Lipinski definition) is 2. The van der Waals surface area contributed by atoms with Gasteiger partial charge in [-0.3, -0.25) is 9.48 Å². The fraction of sp³-hybridized carbons (Fsp3) is 0.556. The van der Waals surface area contributed by atoms with Gasteiger partial charge in [-0.2, -0.15) is 5.10 Å². The zero-order chi connectivity index (χ0) is 10.6. The highest BCUT2D eigenvalue weighted by molar-refractivity contribution is 5.75. The van der Waals surface area contributed by atoms with E-state index in [9.17, 15) is 4.79 Å².